The molecule has 0 saturated carbocycles. The normalized spacial score (nSPS) is 19.7. The Balaban J connectivity index is 1.39. The van der Waals surface area contributed by atoms with E-state index in [2.05, 4.69) is 19.6 Å². The number of carbonyl (C=O) groups is 1. The number of likely N-dealkylation sites (N-methyl/N-ethyl adjacent to an activating group) is 1. The van der Waals surface area contributed by atoms with Gasteiger partial charge in [-0.3, -0.25) is 4.79 Å². The molecule has 1 aliphatic rings. The monoisotopic (exact) mass is 369 g/mol. The Morgan fingerprint density at radius 2 is 1.96 bits per heavy atom. The largest absolute Gasteiger partial charge is 0.508 e. The number of hydrazine groups is 1. The molecule has 1 aromatic heterocycles. The first-order chi connectivity index (χ1) is 12.6. The third kappa shape index (κ3) is 3.39. The van der Waals surface area contributed by atoms with Crippen LogP contribution in [0, 0.1) is 0 Å². The van der Waals surface area contributed by atoms with Crippen LogP contribution in [-0.4, -0.2) is 37.8 Å². The third-order valence-electron chi connectivity index (χ3n) is 4.61. The average Bonchev–Trinajstić information content (AvgIpc) is 3.30. The number of carbonyl (C=O) groups excluding carboxylic acids is 1. The number of benzene rings is 2. The van der Waals surface area contributed by atoms with E-state index in [4.69, 9.17) is 0 Å². The third-order valence-corrected chi connectivity index (χ3v) is 5.17. The molecule has 3 aromatic rings. The van der Waals surface area contributed by atoms with E-state index in [1.54, 1.807) is 24.1 Å². The van der Waals surface area contributed by atoms with Gasteiger partial charge in [0.15, 0.2) is 0 Å². The molecule has 1 aliphatic heterocycles. The van der Waals surface area contributed by atoms with E-state index < -0.39 is 0 Å². The number of aromatic hydroxyl groups is 1. The molecule has 2 heterocycles. The van der Waals surface area contributed by atoms with Gasteiger partial charge in [-0.1, -0.05) is 18.2 Å². The van der Waals surface area contributed by atoms with Gasteiger partial charge in [-0.15, -0.1) is 0 Å². The molecule has 134 valence electrons. The van der Waals surface area contributed by atoms with Crippen LogP contribution in [0.2, 0.25) is 0 Å². The van der Waals surface area contributed by atoms with Gasteiger partial charge in [0, 0.05) is 19.6 Å². The highest BCUT2D eigenvalue weighted by Gasteiger charge is 2.31. The smallest absolute Gasteiger partial charge is 0.241 e. The highest BCUT2D eigenvalue weighted by Crippen LogP contribution is 2.25. The van der Waals surface area contributed by atoms with Crippen LogP contribution in [0.5, 0.6) is 5.75 Å². The van der Waals surface area contributed by atoms with Crippen molar-refractivity contribution in [3.63, 3.8) is 0 Å². The Kier molecular flexibility index (Phi) is 4.54. The summed E-state index contributed by atoms with van der Waals surface area (Å²) in [4.78, 5) is 14.5. The molecule has 2 atom stereocenters. The van der Waals surface area contributed by atoms with Crippen molar-refractivity contribution in [2.75, 3.05) is 7.05 Å². The lowest BCUT2D eigenvalue weighted by Crippen LogP contribution is -2.43. The summed E-state index contributed by atoms with van der Waals surface area (Å²) in [5.41, 5.74) is 10.1. The zero-order valence-corrected chi connectivity index (χ0v) is 15.0. The molecule has 0 aliphatic carbocycles. The standard InChI is InChI=1S/C18H19N5O2S/c1-23(10-11-2-7-14-16(8-11)22-26-21-14)18(25)17-9-15(19-20-17)12-3-5-13(24)6-4-12/h2-8,15,17,19-20,24H,9-10H2,1H3. The van der Waals surface area contributed by atoms with Crippen LogP contribution in [0.15, 0.2) is 42.5 Å². The number of nitrogens with one attached hydrogen (secondary N) is 2. The SMILES string of the molecule is CN(Cc1ccc2nsnc2c1)C(=O)C1CC(c2ccc(O)cc2)NN1. The topological polar surface area (TPSA) is 90.4 Å². The van der Waals surface area contributed by atoms with E-state index in [-0.39, 0.29) is 23.7 Å². The summed E-state index contributed by atoms with van der Waals surface area (Å²) in [6, 6.07) is 12.7. The summed E-state index contributed by atoms with van der Waals surface area (Å²) < 4.78 is 8.44. The number of hydrogen-bond acceptors (Lipinski definition) is 7. The maximum absolute atomic E-state index is 12.8. The van der Waals surface area contributed by atoms with Crippen molar-refractivity contribution < 1.29 is 9.90 Å². The van der Waals surface area contributed by atoms with Gasteiger partial charge in [0.2, 0.25) is 5.91 Å². The van der Waals surface area contributed by atoms with E-state index in [9.17, 15) is 9.90 Å². The highest BCUT2D eigenvalue weighted by atomic mass is 32.1. The molecular weight excluding hydrogens is 350 g/mol. The lowest BCUT2D eigenvalue weighted by molar-refractivity contribution is -0.132. The molecule has 2 unspecified atom stereocenters. The van der Waals surface area contributed by atoms with E-state index in [1.807, 2.05) is 30.3 Å². The summed E-state index contributed by atoms with van der Waals surface area (Å²) in [5, 5.41) is 9.40. The second kappa shape index (κ2) is 6.99. The van der Waals surface area contributed by atoms with Crippen LogP contribution < -0.4 is 10.9 Å². The minimum atomic E-state index is -0.288. The lowest BCUT2D eigenvalue weighted by atomic mass is 10.0. The number of phenolic OH excluding ortho intramolecular Hbond substituents is 1. The molecule has 0 radical (unpaired) electrons. The molecule has 0 spiro atoms. The van der Waals surface area contributed by atoms with Gasteiger partial charge in [0.05, 0.1) is 11.7 Å². The second-order valence-electron chi connectivity index (χ2n) is 6.50. The van der Waals surface area contributed by atoms with Crippen molar-refractivity contribution in [1.82, 2.24) is 24.5 Å². The molecule has 1 saturated heterocycles. The molecule has 7 nitrogen and oxygen atoms in total. The predicted molar refractivity (Wildman–Crippen MR) is 99.4 cm³/mol. The number of nitrogens with zero attached hydrogens (tertiary/aromatic N) is 3. The fraction of sp³-hybridized carbons (Fsp3) is 0.278. The maximum atomic E-state index is 12.8. The van der Waals surface area contributed by atoms with Crippen molar-refractivity contribution >= 4 is 28.7 Å². The van der Waals surface area contributed by atoms with Gasteiger partial charge in [0.1, 0.15) is 22.8 Å². The molecule has 0 bridgehead atoms. The Bertz CT molecular complexity index is 927. The quantitative estimate of drug-likeness (QED) is 0.651. The number of phenols is 1. The van der Waals surface area contributed by atoms with Crippen LogP contribution in [0.3, 0.4) is 0 Å². The van der Waals surface area contributed by atoms with Crippen molar-refractivity contribution in [1.29, 1.82) is 0 Å². The summed E-state index contributed by atoms with van der Waals surface area (Å²) in [6.45, 7) is 0.522. The number of aromatic nitrogens is 2. The fourth-order valence-corrected chi connectivity index (χ4v) is 3.70. The Labute approximate surface area is 155 Å². The van der Waals surface area contributed by atoms with Gasteiger partial charge in [-0.2, -0.15) is 8.75 Å². The van der Waals surface area contributed by atoms with Crippen LogP contribution in [0.4, 0.5) is 0 Å². The lowest BCUT2D eigenvalue weighted by Gasteiger charge is -2.21. The van der Waals surface area contributed by atoms with Gasteiger partial charge in [0.25, 0.3) is 0 Å². The van der Waals surface area contributed by atoms with Crippen LogP contribution in [-0.2, 0) is 11.3 Å². The number of amides is 1. The molecular formula is C18H19N5O2S. The molecule has 26 heavy (non-hydrogen) atoms. The average molecular weight is 369 g/mol. The molecule has 3 N–H and O–H groups in total. The highest BCUT2D eigenvalue weighted by molar-refractivity contribution is 7.00. The number of fused-ring (bicyclic) bond motifs is 1. The van der Waals surface area contributed by atoms with E-state index >= 15 is 0 Å². The van der Waals surface area contributed by atoms with Gasteiger partial charge in [-0.05, 0) is 41.8 Å². The number of hydrogen-bond donors (Lipinski definition) is 3. The first-order valence-corrected chi connectivity index (χ1v) is 9.09. The van der Waals surface area contributed by atoms with Crippen molar-refractivity contribution in [2.24, 2.45) is 0 Å². The van der Waals surface area contributed by atoms with Gasteiger partial charge >= 0.3 is 0 Å². The maximum Gasteiger partial charge on any atom is 0.241 e. The number of rotatable bonds is 4. The second-order valence-corrected chi connectivity index (χ2v) is 7.03. The van der Waals surface area contributed by atoms with E-state index in [0.29, 0.717) is 13.0 Å². The Hall–Kier alpha value is -2.55. The molecule has 1 fully saturated rings. The summed E-state index contributed by atoms with van der Waals surface area (Å²) in [7, 11) is 1.81. The zero-order valence-electron chi connectivity index (χ0n) is 14.2. The summed E-state index contributed by atoms with van der Waals surface area (Å²) >= 11 is 1.19. The first-order valence-electron chi connectivity index (χ1n) is 8.36. The van der Waals surface area contributed by atoms with Crippen molar-refractivity contribution in [2.45, 2.75) is 25.0 Å². The van der Waals surface area contributed by atoms with E-state index in [0.717, 1.165) is 22.2 Å². The van der Waals surface area contributed by atoms with Crippen molar-refractivity contribution in [3.05, 3.63) is 53.6 Å². The van der Waals surface area contributed by atoms with Crippen LogP contribution >= 0.6 is 11.7 Å². The molecule has 2 aromatic carbocycles. The van der Waals surface area contributed by atoms with Crippen LogP contribution in [0.25, 0.3) is 11.0 Å². The van der Waals surface area contributed by atoms with Crippen LogP contribution in [0.1, 0.15) is 23.6 Å². The molecule has 1 amide bonds. The van der Waals surface area contributed by atoms with Gasteiger partial charge in [-0.25, -0.2) is 10.9 Å². The van der Waals surface area contributed by atoms with Crippen molar-refractivity contribution in [3.8, 4) is 5.75 Å². The van der Waals surface area contributed by atoms with E-state index in [1.165, 1.54) is 11.7 Å². The first kappa shape index (κ1) is 16.9. The fourth-order valence-electron chi connectivity index (χ4n) is 3.19. The molecule has 8 heteroatoms. The Morgan fingerprint density at radius 3 is 2.77 bits per heavy atom. The zero-order chi connectivity index (χ0) is 18.1. The minimum absolute atomic E-state index is 0.0373. The summed E-state index contributed by atoms with van der Waals surface area (Å²) in [5.74, 6) is 0.273. The Morgan fingerprint density at radius 1 is 1.19 bits per heavy atom. The predicted octanol–water partition coefficient (Wildman–Crippen LogP) is 1.96. The molecule has 4 rings (SSSR count). The summed E-state index contributed by atoms with van der Waals surface area (Å²) in [6.07, 6.45) is 0.656. The van der Waals surface area contributed by atoms with Gasteiger partial charge < -0.3 is 10.0 Å². The minimum Gasteiger partial charge on any atom is -0.508 e.